The number of amides is 1. The molecular weight excluding hydrogens is 212 g/mol. The predicted molar refractivity (Wildman–Crippen MR) is 67.5 cm³/mol. The highest BCUT2D eigenvalue weighted by atomic mass is 16.2. The van der Waals surface area contributed by atoms with E-state index in [9.17, 15) is 4.79 Å². The van der Waals surface area contributed by atoms with E-state index in [-0.39, 0.29) is 17.9 Å². The molecule has 1 saturated heterocycles. The number of carbonyl (C=O) groups is 1. The standard InChI is InChI=1S/C14H20N2O/c1-10(2)14(17)16-9-5-8-13(16)12-7-4-6-11(3)15-12/h4,6-7,10,13H,5,8-9H2,1-3H3/t13-/m0/s1. The molecule has 1 amide bonds. The lowest BCUT2D eigenvalue weighted by molar-refractivity contribution is -0.135. The number of nitrogens with zero attached hydrogens (tertiary/aromatic N) is 2. The third-order valence-corrected chi connectivity index (χ3v) is 3.28. The number of aryl methyl sites for hydroxylation is 1. The molecule has 2 heterocycles. The van der Waals surface area contributed by atoms with Gasteiger partial charge >= 0.3 is 0 Å². The molecule has 1 aromatic rings. The van der Waals surface area contributed by atoms with Gasteiger partial charge in [0.05, 0.1) is 11.7 Å². The quantitative estimate of drug-likeness (QED) is 0.785. The van der Waals surface area contributed by atoms with Crippen LogP contribution in [0.5, 0.6) is 0 Å². The van der Waals surface area contributed by atoms with Crippen LogP contribution in [0.2, 0.25) is 0 Å². The van der Waals surface area contributed by atoms with E-state index in [0.717, 1.165) is 30.8 Å². The zero-order valence-corrected chi connectivity index (χ0v) is 10.8. The lowest BCUT2D eigenvalue weighted by Gasteiger charge is -2.26. The maximum Gasteiger partial charge on any atom is 0.225 e. The molecular formula is C14H20N2O. The summed E-state index contributed by atoms with van der Waals surface area (Å²) in [6.45, 7) is 6.78. The summed E-state index contributed by atoms with van der Waals surface area (Å²) in [5.74, 6) is 0.316. The Labute approximate surface area is 103 Å². The van der Waals surface area contributed by atoms with Crippen molar-refractivity contribution in [1.82, 2.24) is 9.88 Å². The molecule has 0 bridgehead atoms. The van der Waals surface area contributed by atoms with Gasteiger partial charge in [0.25, 0.3) is 0 Å². The fourth-order valence-electron chi connectivity index (χ4n) is 2.42. The van der Waals surface area contributed by atoms with Gasteiger partial charge in [0.15, 0.2) is 0 Å². The van der Waals surface area contributed by atoms with Gasteiger partial charge in [0, 0.05) is 18.2 Å². The Morgan fingerprint density at radius 2 is 2.24 bits per heavy atom. The molecule has 3 nitrogen and oxygen atoms in total. The molecule has 0 saturated carbocycles. The zero-order valence-electron chi connectivity index (χ0n) is 10.8. The second-order valence-electron chi connectivity index (χ2n) is 5.05. The second kappa shape index (κ2) is 4.86. The number of pyridine rings is 1. The zero-order chi connectivity index (χ0) is 12.4. The van der Waals surface area contributed by atoms with Crippen molar-refractivity contribution in [2.75, 3.05) is 6.54 Å². The van der Waals surface area contributed by atoms with Crippen LogP contribution >= 0.6 is 0 Å². The first kappa shape index (κ1) is 12.1. The molecule has 1 aliphatic heterocycles. The van der Waals surface area contributed by atoms with Crippen LogP contribution in [0.25, 0.3) is 0 Å². The number of rotatable bonds is 2. The van der Waals surface area contributed by atoms with Crippen LogP contribution in [0.3, 0.4) is 0 Å². The molecule has 0 aromatic carbocycles. The average molecular weight is 232 g/mol. The predicted octanol–water partition coefficient (Wildman–Crippen LogP) is 2.71. The van der Waals surface area contributed by atoms with E-state index in [0.29, 0.717) is 0 Å². The number of hydrogen-bond donors (Lipinski definition) is 0. The maximum absolute atomic E-state index is 12.1. The Morgan fingerprint density at radius 3 is 2.88 bits per heavy atom. The minimum absolute atomic E-state index is 0.0698. The molecule has 0 aliphatic carbocycles. The SMILES string of the molecule is Cc1cccc([C@@H]2CCCN2C(=O)C(C)C)n1. The third-order valence-electron chi connectivity index (χ3n) is 3.28. The second-order valence-corrected chi connectivity index (χ2v) is 5.05. The van der Waals surface area contributed by atoms with Crippen molar-refractivity contribution in [2.24, 2.45) is 5.92 Å². The first-order chi connectivity index (χ1) is 8.09. The molecule has 1 atom stereocenters. The summed E-state index contributed by atoms with van der Waals surface area (Å²) >= 11 is 0. The topological polar surface area (TPSA) is 33.2 Å². The summed E-state index contributed by atoms with van der Waals surface area (Å²) in [6, 6.07) is 6.23. The van der Waals surface area contributed by atoms with Gasteiger partial charge in [-0.05, 0) is 31.9 Å². The van der Waals surface area contributed by atoms with Gasteiger partial charge in [-0.2, -0.15) is 0 Å². The third kappa shape index (κ3) is 2.48. The van der Waals surface area contributed by atoms with Crippen molar-refractivity contribution in [2.45, 2.75) is 39.7 Å². The van der Waals surface area contributed by atoms with Crippen LogP contribution in [0.15, 0.2) is 18.2 Å². The Kier molecular flexibility index (Phi) is 3.46. The number of likely N-dealkylation sites (tertiary alicyclic amines) is 1. The van der Waals surface area contributed by atoms with Crippen LogP contribution in [0.1, 0.15) is 44.1 Å². The van der Waals surface area contributed by atoms with E-state index < -0.39 is 0 Å². The van der Waals surface area contributed by atoms with Gasteiger partial charge in [-0.3, -0.25) is 9.78 Å². The molecule has 2 rings (SSSR count). The molecule has 1 fully saturated rings. The van der Waals surface area contributed by atoms with Crippen LogP contribution in [0.4, 0.5) is 0 Å². The highest BCUT2D eigenvalue weighted by Crippen LogP contribution is 2.31. The maximum atomic E-state index is 12.1. The van der Waals surface area contributed by atoms with Crippen molar-refractivity contribution in [1.29, 1.82) is 0 Å². The van der Waals surface area contributed by atoms with Gasteiger partial charge in [0.2, 0.25) is 5.91 Å². The van der Waals surface area contributed by atoms with Gasteiger partial charge in [-0.25, -0.2) is 0 Å². The van der Waals surface area contributed by atoms with Crippen molar-refractivity contribution >= 4 is 5.91 Å². The van der Waals surface area contributed by atoms with Crippen molar-refractivity contribution < 1.29 is 4.79 Å². The van der Waals surface area contributed by atoms with Crippen LogP contribution < -0.4 is 0 Å². The summed E-state index contributed by atoms with van der Waals surface area (Å²) in [7, 11) is 0. The molecule has 1 aromatic heterocycles. The van der Waals surface area contributed by atoms with Gasteiger partial charge in [0.1, 0.15) is 0 Å². The molecule has 0 N–H and O–H groups in total. The number of aromatic nitrogens is 1. The van der Waals surface area contributed by atoms with Gasteiger partial charge < -0.3 is 4.90 Å². The van der Waals surface area contributed by atoms with Crippen molar-refractivity contribution in [3.63, 3.8) is 0 Å². The van der Waals surface area contributed by atoms with E-state index >= 15 is 0 Å². The Hall–Kier alpha value is -1.38. The van der Waals surface area contributed by atoms with Crippen LogP contribution in [0, 0.1) is 12.8 Å². The van der Waals surface area contributed by atoms with Crippen LogP contribution in [-0.2, 0) is 4.79 Å². The highest BCUT2D eigenvalue weighted by Gasteiger charge is 2.31. The van der Waals surface area contributed by atoms with Crippen LogP contribution in [-0.4, -0.2) is 22.3 Å². The Bertz CT molecular complexity index is 414. The van der Waals surface area contributed by atoms with E-state index in [1.54, 1.807) is 0 Å². The Balaban J connectivity index is 2.23. The number of carbonyl (C=O) groups excluding carboxylic acids is 1. The molecule has 92 valence electrons. The summed E-state index contributed by atoms with van der Waals surface area (Å²) < 4.78 is 0. The minimum Gasteiger partial charge on any atom is -0.334 e. The smallest absolute Gasteiger partial charge is 0.225 e. The van der Waals surface area contributed by atoms with E-state index in [1.165, 1.54) is 0 Å². The van der Waals surface area contributed by atoms with E-state index in [1.807, 2.05) is 43.9 Å². The van der Waals surface area contributed by atoms with Crippen molar-refractivity contribution in [3.8, 4) is 0 Å². The lowest BCUT2D eigenvalue weighted by Crippen LogP contribution is -2.34. The highest BCUT2D eigenvalue weighted by molar-refractivity contribution is 5.78. The van der Waals surface area contributed by atoms with E-state index in [4.69, 9.17) is 0 Å². The number of hydrogen-bond acceptors (Lipinski definition) is 2. The summed E-state index contributed by atoms with van der Waals surface area (Å²) in [4.78, 5) is 18.7. The monoisotopic (exact) mass is 232 g/mol. The molecule has 17 heavy (non-hydrogen) atoms. The summed E-state index contributed by atoms with van der Waals surface area (Å²) in [5.41, 5.74) is 2.06. The minimum atomic E-state index is 0.0698. The molecule has 3 heteroatoms. The summed E-state index contributed by atoms with van der Waals surface area (Å²) in [6.07, 6.45) is 2.12. The molecule has 0 radical (unpaired) electrons. The molecule has 0 spiro atoms. The lowest BCUT2D eigenvalue weighted by atomic mass is 10.1. The Morgan fingerprint density at radius 1 is 1.47 bits per heavy atom. The van der Waals surface area contributed by atoms with Gasteiger partial charge in [-0.1, -0.05) is 19.9 Å². The molecule has 0 unspecified atom stereocenters. The van der Waals surface area contributed by atoms with Gasteiger partial charge in [-0.15, -0.1) is 0 Å². The first-order valence-electron chi connectivity index (χ1n) is 6.33. The first-order valence-corrected chi connectivity index (χ1v) is 6.33. The largest absolute Gasteiger partial charge is 0.334 e. The summed E-state index contributed by atoms with van der Waals surface area (Å²) in [5, 5.41) is 0. The normalized spacial score (nSPS) is 20.0. The fourth-order valence-corrected chi connectivity index (χ4v) is 2.42. The van der Waals surface area contributed by atoms with E-state index in [2.05, 4.69) is 4.98 Å². The average Bonchev–Trinajstić information content (AvgIpc) is 2.76. The fraction of sp³-hybridized carbons (Fsp3) is 0.571. The molecule has 1 aliphatic rings. The van der Waals surface area contributed by atoms with Crippen molar-refractivity contribution in [3.05, 3.63) is 29.6 Å².